The quantitative estimate of drug-likeness (QED) is 0.384. The molecular weight excluding hydrogens is 543 g/mol. The third-order valence-corrected chi connectivity index (χ3v) is 7.07. The first-order chi connectivity index (χ1) is 16.9. The van der Waals surface area contributed by atoms with Crippen LogP contribution in [0.3, 0.4) is 0 Å². The first-order valence-electron chi connectivity index (χ1n) is 10.9. The summed E-state index contributed by atoms with van der Waals surface area (Å²) in [6.45, 7) is 5.58. The van der Waals surface area contributed by atoms with Crippen LogP contribution in [-0.4, -0.2) is 67.3 Å². The Balaban J connectivity index is 1.83. The van der Waals surface area contributed by atoms with Gasteiger partial charge in [-0.05, 0) is 31.5 Å². The van der Waals surface area contributed by atoms with E-state index in [1.807, 2.05) is 11.8 Å². The van der Waals surface area contributed by atoms with Crippen molar-refractivity contribution in [3.63, 3.8) is 0 Å². The average Bonchev–Trinajstić information content (AvgIpc) is 3.26. The molecule has 12 heteroatoms. The molecule has 0 spiro atoms. The number of halogens is 2. The second-order valence-electron chi connectivity index (χ2n) is 7.79. The molecule has 1 fully saturated rings. The predicted molar refractivity (Wildman–Crippen MR) is 130 cm³/mol. The van der Waals surface area contributed by atoms with Crippen molar-refractivity contribution >= 4 is 45.5 Å². The Morgan fingerprint density at radius 1 is 1.46 bits per heavy atom. The van der Waals surface area contributed by atoms with Crippen molar-refractivity contribution in [2.24, 2.45) is 4.99 Å². The zero-order valence-electron chi connectivity index (χ0n) is 19.1. The number of hydrogen-bond donors (Lipinski definition) is 1. The number of rotatable bonds is 8. The molecular formula is C23H24BrFN4O5S. The minimum absolute atomic E-state index is 0.170. The van der Waals surface area contributed by atoms with E-state index in [9.17, 15) is 14.0 Å². The first kappa shape index (κ1) is 25.4. The number of benzene rings is 1. The highest BCUT2D eigenvalue weighted by molar-refractivity contribution is 9.10. The molecule has 1 N–H and O–H groups in total. The van der Waals surface area contributed by atoms with Gasteiger partial charge in [0.05, 0.1) is 25.4 Å². The number of aromatic nitrogens is 1. The Morgan fingerprint density at radius 2 is 2.29 bits per heavy atom. The van der Waals surface area contributed by atoms with Gasteiger partial charge < -0.3 is 19.5 Å². The molecule has 0 bridgehead atoms. The van der Waals surface area contributed by atoms with Crippen molar-refractivity contribution in [3.05, 3.63) is 61.4 Å². The maximum atomic E-state index is 13.9. The number of morpholine rings is 1. The van der Waals surface area contributed by atoms with Gasteiger partial charge in [-0.15, -0.1) is 11.3 Å². The van der Waals surface area contributed by atoms with E-state index in [-0.39, 0.29) is 25.3 Å². The molecule has 2 aliphatic rings. The Kier molecular flexibility index (Phi) is 8.26. The summed E-state index contributed by atoms with van der Waals surface area (Å²) in [6.07, 6.45) is 1.13. The van der Waals surface area contributed by atoms with Crippen molar-refractivity contribution in [2.75, 3.05) is 32.9 Å². The lowest BCUT2D eigenvalue weighted by Crippen LogP contribution is -2.50. The summed E-state index contributed by atoms with van der Waals surface area (Å²) in [5.41, 5.74) is 1.42. The van der Waals surface area contributed by atoms with Crippen LogP contribution in [0.4, 0.5) is 4.39 Å². The number of aryl methyl sites for hydroxylation is 1. The normalized spacial score (nSPS) is 20.7. The fourth-order valence-corrected chi connectivity index (χ4v) is 5.16. The van der Waals surface area contributed by atoms with Crippen LogP contribution in [0.15, 0.2) is 45.1 Å². The van der Waals surface area contributed by atoms with Crippen LogP contribution in [0.1, 0.15) is 28.4 Å². The molecule has 4 rings (SSSR count). The maximum absolute atomic E-state index is 13.9. The third kappa shape index (κ3) is 5.77. The Bertz CT molecular complexity index is 1170. The summed E-state index contributed by atoms with van der Waals surface area (Å²) >= 11 is 4.88. The summed E-state index contributed by atoms with van der Waals surface area (Å²) in [4.78, 5) is 36.4. The number of esters is 1. The third-order valence-electron chi connectivity index (χ3n) is 5.47. The first-order valence-corrected chi connectivity index (χ1v) is 12.6. The summed E-state index contributed by atoms with van der Waals surface area (Å²) in [5, 5.41) is 3.92. The molecule has 186 valence electrons. The van der Waals surface area contributed by atoms with Gasteiger partial charge in [0.25, 0.3) is 6.47 Å². The van der Waals surface area contributed by atoms with Crippen LogP contribution in [0.25, 0.3) is 0 Å². The molecule has 0 saturated carbocycles. The number of ether oxygens (including phenoxy) is 3. The average molecular weight is 567 g/mol. The Labute approximate surface area is 214 Å². The second-order valence-corrected chi connectivity index (χ2v) is 9.88. The highest BCUT2D eigenvalue weighted by Gasteiger charge is 2.36. The second kappa shape index (κ2) is 11.4. The van der Waals surface area contributed by atoms with Crippen LogP contribution in [-0.2, 0) is 23.8 Å². The summed E-state index contributed by atoms with van der Waals surface area (Å²) in [6, 6.07) is 3.46. The standard InChI is InChI=1S/C23H24BrFN4O5S/c1-3-33-23(31)19-17(10-29-6-7-32-11-18(29)34-12-30)27-21(22-26-9-13(2)35-22)28-20(19)15-5-4-14(25)8-16(15)24/h4-5,8-9,12,18,20H,3,6-7,10-11H2,1-2H3,(H,27,28). The SMILES string of the molecule is CCOC(=O)C1=C(CN2CCOCC2OC=O)NC(c2ncc(C)s2)=NC1c1ccc(F)cc1Br. The molecule has 0 amide bonds. The van der Waals surface area contributed by atoms with E-state index >= 15 is 0 Å². The molecule has 1 aromatic carbocycles. The fourth-order valence-electron chi connectivity index (χ4n) is 3.88. The lowest BCUT2D eigenvalue weighted by molar-refractivity contribution is -0.160. The lowest BCUT2D eigenvalue weighted by Gasteiger charge is -2.36. The van der Waals surface area contributed by atoms with E-state index in [0.717, 1.165) is 4.88 Å². The van der Waals surface area contributed by atoms with Gasteiger partial charge in [-0.25, -0.2) is 14.2 Å². The van der Waals surface area contributed by atoms with Crippen molar-refractivity contribution in [1.82, 2.24) is 15.2 Å². The number of nitrogens with one attached hydrogen (secondary N) is 1. The van der Waals surface area contributed by atoms with Crippen molar-refractivity contribution in [3.8, 4) is 0 Å². The molecule has 1 saturated heterocycles. The van der Waals surface area contributed by atoms with E-state index < -0.39 is 24.1 Å². The molecule has 0 aliphatic carbocycles. The predicted octanol–water partition coefficient (Wildman–Crippen LogP) is 3.09. The molecule has 3 heterocycles. The summed E-state index contributed by atoms with van der Waals surface area (Å²) in [7, 11) is 0. The minimum Gasteiger partial charge on any atom is -0.463 e. The highest BCUT2D eigenvalue weighted by Crippen LogP contribution is 2.37. The molecule has 35 heavy (non-hydrogen) atoms. The highest BCUT2D eigenvalue weighted by atomic mass is 79.9. The number of nitrogens with zero attached hydrogens (tertiary/aromatic N) is 3. The van der Waals surface area contributed by atoms with E-state index in [1.165, 1.54) is 23.5 Å². The number of carbonyl (C=O) groups is 2. The van der Waals surface area contributed by atoms with Gasteiger partial charge in [0.15, 0.2) is 17.1 Å². The zero-order chi connectivity index (χ0) is 24.9. The van der Waals surface area contributed by atoms with E-state index in [4.69, 9.17) is 19.2 Å². The zero-order valence-corrected chi connectivity index (χ0v) is 21.5. The molecule has 0 radical (unpaired) electrons. The van der Waals surface area contributed by atoms with E-state index in [0.29, 0.717) is 46.2 Å². The van der Waals surface area contributed by atoms with E-state index in [1.54, 1.807) is 19.2 Å². The van der Waals surface area contributed by atoms with Gasteiger partial charge in [-0.3, -0.25) is 14.7 Å². The Morgan fingerprint density at radius 3 is 2.97 bits per heavy atom. The van der Waals surface area contributed by atoms with Crippen LogP contribution in [0.5, 0.6) is 0 Å². The summed E-state index contributed by atoms with van der Waals surface area (Å²) in [5.74, 6) is -0.484. The fraction of sp³-hybridized carbons (Fsp3) is 0.391. The van der Waals surface area contributed by atoms with Crippen LogP contribution < -0.4 is 5.32 Å². The monoisotopic (exact) mass is 566 g/mol. The van der Waals surface area contributed by atoms with E-state index in [2.05, 4.69) is 26.2 Å². The van der Waals surface area contributed by atoms with Crippen LogP contribution >= 0.6 is 27.3 Å². The molecule has 2 aromatic rings. The largest absolute Gasteiger partial charge is 0.463 e. The topological polar surface area (TPSA) is 102 Å². The molecule has 9 nitrogen and oxygen atoms in total. The van der Waals surface area contributed by atoms with Crippen molar-refractivity contribution in [2.45, 2.75) is 26.1 Å². The van der Waals surface area contributed by atoms with Gasteiger partial charge >= 0.3 is 5.97 Å². The molecule has 2 unspecified atom stereocenters. The number of thiazole rings is 1. The number of aliphatic imine (C=N–C) groups is 1. The smallest absolute Gasteiger partial charge is 0.338 e. The number of hydrogen-bond acceptors (Lipinski definition) is 10. The Hall–Kier alpha value is -2.67. The van der Waals surface area contributed by atoms with Crippen LogP contribution in [0, 0.1) is 12.7 Å². The van der Waals surface area contributed by atoms with Crippen molar-refractivity contribution < 1.29 is 28.2 Å². The molecule has 2 aliphatic heterocycles. The van der Waals surface area contributed by atoms with Gasteiger partial charge in [0, 0.05) is 34.3 Å². The molecule has 1 aromatic heterocycles. The molecule has 2 atom stereocenters. The van der Waals surface area contributed by atoms with Crippen LogP contribution in [0.2, 0.25) is 0 Å². The van der Waals surface area contributed by atoms with Crippen molar-refractivity contribution in [1.29, 1.82) is 0 Å². The van der Waals surface area contributed by atoms with Gasteiger partial charge in [-0.1, -0.05) is 22.0 Å². The maximum Gasteiger partial charge on any atom is 0.338 e. The minimum atomic E-state index is -0.786. The van der Waals surface area contributed by atoms with Gasteiger partial charge in [0.1, 0.15) is 11.9 Å². The van der Waals surface area contributed by atoms with Gasteiger partial charge in [-0.2, -0.15) is 0 Å². The van der Waals surface area contributed by atoms with Gasteiger partial charge in [0.2, 0.25) is 0 Å². The summed E-state index contributed by atoms with van der Waals surface area (Å²) < 4.78 is 30.4. The number of amidine groups is 1. The lowest BCUT2D eigenvalue weighted by atomic mass is 9.95. The number of carbonyl (C=O) groups excluding carboxylic acids is 2.